The van der Waals surface area contributed by atoms with Gasteiger partial charge >= 0.3 is 5.97 Å². The number of aromatic hydroxyl groups is 1. The lowest BCUT2D eigenvalue weighted by molar-refractivity contribution is -0.119. The number of methoxy groups -OCH3 is 1. The Bertz CT molecular complexity index is 770. The van der Waals surface area contributed by atoms with Crippen LogP contribution in [-0.2, 0) is 9.53 Å². The smallest absolute Gasteiger partial charge is 0.342 e. The quantitative estimate of drug-likeness (QED) is 0.824. The molecule has 126 valence electrons. The maximum Gasteiger partial charge on any atom is 0.342 e. The van der Waals surface area contributed by atoms with Gasteiger partial charge in [0.2, 0.25) is 0 Å². The maximum absolute atomic E-state index is 12.0. The number of hydrogen-bond acceptors (Lipinski definition) is 5. The third kappa shape index (κ3) is 4.25. The van der Waals surface area contributed by atoms with Crippen LogP contribution in [0, 0.1) is 13.8 Å². The van der Waals surface area contributed by atoms with Gasteiger partial charge in [0, 0.05) is 0 Å². The van der Waals surface area contributed by atoms with Crippen LogP contribution in [0.1, 0.15) is 21.5 Å². The molecule has 2 N–H and O–H groups in total. The van der Waals surface area contributed by atoms with Crippen LogP contribution < -0.4 is 10.1 Å². The highest BCUT2D eigenvalue weighted by Crippen LogP contribution is 2.25. The molecular weight excluding hydrogens is 310 g/mol. The third-order valence-corrected chi connectivity index (χ3v) is 3.34. The highest BCUT2D eigenvalue weighted by molar-refractivity contribution is 5.97. The number of nitrogens with one attached hydrogen (secondary N) is 1. The number of benzene rings is 2. The van der Waals surface area contributed by atoms with Gasteiger partial charge in [0.15, 0.2) is 6.61 Å². The van der Waals surface area contributed by atoms with Gasteiger partial charge in [0.05, 0.1) is 12.8 Å². The molecule has 0 aliphatic rings. The van der Waals surface area contributed by atoms with E-state index >= 15 is 0 Å². The zero-order chi connectivity index (χ0) is 17.7. The van der Waals surface area contributed by atoms with Crippen LogP contribution in [-0.4, -0.2) is 30.7 Å². The molecule has 0 aliphatic carbocycles. The number of phenols is 1. The van der Waals surface area contributed by atoms with E-state index in [0.29, 0.717) is 11.4 Å². The van der Waals surface area contributed by atoms with E-state index in [9.17, 15) is 14.7 Å². The molecule has 24 heavy (non-hydrogen) atoms. The standard InChI is InChI=1S/C18H19NO5/c1-11-4-6-15(20)13(8-11)18(22)24-10-17(21)19-14-9-12(2)5-7-16(14)23-3/h4-9,20H,10H2,1-3H3,(H,19,21). The summed E-state index contributed by atoms with van der Waals surface area (Å²) in [4.78, 5) is 23.9. The molecule has 0 heterocycles. The number of carbonyl (C=O) groups is 2. The topological polar surface area (TPSA) is 84.9 Å². The van der Waals surface area contributed by atoms with E-state index in [4.69, 9.17) is 9.47 Å². The summed E-state index contributed by atoms with van der Waals surface area (Å²) >= 11 is 0. The molecule has 0 fully saturated rings. The van der Waals surface area contributed by atoms with Crippen LogP contribution >= 0.6 is 0 Å². The molecule has 0 atom stereocenters. The summed E-state index contributed by atoms with van der Waals surface area (Å²) in [5.74, 6) is -0.940. The molecule has 0 saturated heterocycles. The molecule has 0 aliphatic heterocycles. The van der Waals surface area contributed by atoms with E-state index in [0.717, 1.165) is 11.1 Å². The molecule has 0 spiro atoms. The Labute approximate surface area is 140 Å². The fraction of sp³-hybridized carbons (Fsp3) is 0.222. The molecular formula is C18H19NO5. The van der Waals surface area contributed by atoms with Gasteiger partial charge < -0.3 is 19.9 Å². The lowest BCUT2D eigenvalue weighted by Crippen LogP contribution is -2.21. The molecule has 2 aromatic carbocycles. The van der Waals surface area contributed by atoms with Crippen molar-refractivity contribution < 1.29 is 24.2 Å². The van der Waals surface area contributed by atoms with Crippen molar-refractivity contribution >= 4 is 17.6 Å². The van der Waals surface area contributed by atoms with Crippen molar-refractivity contribution in [1.29, 1.82) is 0 Å². The molecule has 0 radical (unpaired) electrons. The van der Waals surface area contributed by atoms with E-state index in [2.05, 4.69) is 5.32 Å². The summed E-state index contributed by atoms with van der Waals surface area (Å²) in [6.45, 7) is 3.20. The average Bonchev–Trinajstić information content (AvgIpc) is 2.55. The molecule has 0 bridgehead atoms. The van der Waals surface area contributed by atoms with E-state index < -0.39 is 18.5 Å². The van der Waals surface area contributed by atoms with Crippen LogP contribution in [0.2, 0.25) is 0 Å². The summed E-state index contributed by atoms with van der Waals surface area (Å²) in [7, 11) is 1.50. The van der Waals surface area contributed by atoms with Gasteiger partial charge in [-0.3, -0.25) is 4.79 Å². The number of rotatable bonds is 5. The SMILES string of the molecule is COc1ccc(C)cc1NC(=O)COC(=O)c1cc(C)ccc1O. The van der Waals surface area contributed by atoms with Crippen molar-refractivity contribution in [3.05, 3.63) is 53.1 Å². The molecule has 0 unspecified atom stereocenters. The predicted molar refractivity (Wildman–Crippen MR) is 89.5 cm³/mol. The average molecular weight is 329 g/mol. The Morgan fingerprint density at radius 3 is 2.46 bits per heavy atom. The Morgan fingerprint density at radius 2 is 1.75 bits per heavy atom. The number of hydrogen-bond donors (Lipinski definition) is 2. The summed E-state index contributed by atoms with van der Waals surface area (Å²) in [6, 6.07) is 9.92. The van der Waals surface area contributed by atoms with Crippen molar-refractivity contribution in [3.63, 3.8) is 0 Å². The van der Waals surface area contributed by atoms with Crippen molar-refractivity contribution in [1.82, 2.24) is 0 Å². The number of ether oxygens (including phenoxy) is 2. The Hall–Kier alpha value is -3.02. The van der Waals surface area contributed by atoms with E-state index in [1.54, 1.807) is 25.1 Å². The molecule has 6 heteroatoms. The van der Waals surface area contributed by atoms with E-state index in [-0.39, 0.29) is 11.3 Å². The molecule has 0 aromatic heterocycles. The largest absolute Gasteiger partial charge is 0.507 e. The lowest BCUT2D eigenvalue weighted by atomic mass is 10.1. The summed E-state index contributed by atoms with van der Waals surface area (Å²) in [5.41, 5.74) is 2.27. The van der Waals surface area contributed by atoms with Crippen LogP contribution in [0.4, 0.5) is 5.69 Å². The van der Waals surface area contributed by atoms with Gasteiger partial charge in [-0.15, -0.1) is 0 Å². The van der Waals surface area contributed by atoms with Crippen molar-refractivity contribution in [2.24, 2.45) is 0 Å². The van der Waals surface area contributed by atoms with Gasteiger partial charge in [-0.25, -0.2) is 4.79 Å². The Kier molecular flexibility index (Phi) is 5.42. The normalized spacial score (nSPS) is 10.1. The minimum absolute atomic E-state index is 0.0240. The van der Waals surface area contributed by atoms with Gasteiger partial charge in [0.25, 0.3) is 5.91 Å². The third-order valence-electron chi connectivity index (χ3n) is 3.34. The van der Waals surface area contributed by atoms with Crippen LogP contribution in [0.15, 0.2) is 36.4 Å². The van der Waals surface area contributed by atoms with Gasteiger partial charge in [-0.05, 0) is 43.7 Å². The second-order valence-electron chi connectivity index (χ2n) is 5.35. The van der Waals surface area contributed by atoms with Crippen LogP contribution in [0.3, 0.4) is 0 Å². The Balaban J connectivity index is 2.00. The fourth-order valence-corrected chi connectivity index (χ4v) is 2.13. The molecule has 1 amide bonds. The van der Waals surface area contributed by atoms with Crippen molar-refractivity contribution in [2.45, 2.75) is 13.8 Å². The van der Waals surface area contributed by atoms with Gasteiger partial charge in [-0.2, -0.15) is 0 Å². The Morgan fingerprint density at radius 1 is 1.08 bits per heavy atom. The van der Waals surface area contributed by atoms with Crippen LogP contribution in [0.25, 0.3) is 0 Å². The molecule has 6 nitrogen and oxygen atoms in total. The zero-order valence-electron chi connectivity index (χ0n) is 13.8. The second kappa shape index (κ2) is 7.50. The van der Waals surface area contributed by atoms with Gasteiger partial charge in [-0.1, -0.05) is 17.7 Å². The number of carbonyl (C=O) groups excluding carboxylic acids is 2. The van der Waals surface area contributed by atoms with E-state index in [1.807, 2.05) is 13.0 Å². The van der Waals surface area contributed by atoms with Crippen LogP contribution in [0.5, 0.6) is 11.5 Å². The zero-order valence-corrected chi connectivity index (χ0v) is 13.8. The van der Waals surface area contributed by atoms with Crippen molar-refractivity contribution in [2.75, 3.05) is 19.0 Å². The summed E-state index contributed by atoms with van der Waals surface area (Å²) < 4.78 is 10.1. The molecule has 0 saturated carbocycles. The summed E-state index contributed by atoms with van der Waals surface area (Å²) in [6.07, 6.45) is 0. The second-order valence-corrected chi connectivity index (χ2v) is 5.35. The lowest BCUT2D eigenvalue weighted by Gasteiger charge is -2.11. The number of anilines is 1. The number of amides is 1. The molecule has 2 aromatic rings. The summed E-state index contributed by atoms with van der Waals surface area (Å²) in [5, 5.41) is 12.3. The fourth-order valence-electron chi connectivity index (χ4n) is 2.13. The first-order valence-corrected chi connectivity index (χ1v) is 7.32. The first-order chi connectivity index (χ1) is 11.4. The van der Waals surface area contributed by atoms with E-state index in [1.165, 1.54) is 19.2 Å². The highest BCUT2D eigenvalue weighted by Gasteiger charge is 2.15. The van der Waals surface area contributed by atoms with Gasteiger partial charge in [0.1, 0.15) is 17.1 Å². The molecule has 2 rings (SSSR count). The monoisotopic (exact) mass is 329 g/mol. The minimum Gasteiger partial charge on any atom is -0.507 e. The van der Waals surface area contributed by atoms with Crippen molar-refractivity contribution in [3.8, 4) is 11.5 Å². The number of esters is 1. The number of aryl methyl sites for hydroxylation is 2. The highest BCUT2D eigenvalue weighted by atomic mass is 16.5. The predicted octanol–water partition coefficient (Wildman–Crippen LogP) is 2.81. The first kappa shape index (κ1) is 17.3. The number of phenolic OH excluding ortho intramolecular Hbond substituents is 1. The minimum atomic E-state index is -0.762. The first-order valence-electron chi connectivity index (χ1n) is 7.32. The maximum atomic E-state index is 12.0.